The lowest BCUT2D eigenvalue weighted by Gasteiger charge is -2.11. The summed E-state index contributed by atoms with van der Waals surface area (Å²) in [4.78, 5) is 28.4. The normalized spacial score (nSPS) is 11.2. The fourth-order valence-corrected chi connectivity index (χ4v) is 3.75. The molecule has 0 aliphatic carbocycles. The summed E-state index contributed by atoms with van der Waals surface area (Å²) in [6, 6.07) is 9.20. The third-order valence-electron chi connectivity index (χ3n) is 5.66. The number of rotatable bonds is 6. The van der Waals surface area contributed by atoms with Gasteiger partial charge in [-0.25, -0.2) is 4.98 Å². The SMILES string of the molecule is CC(C)C(=O)Nc1cncc(-c2cnc(N)c(C(=N)c3cc4c(-c5ccoc5)nccc4[nH]3)c2)c1. The summed E-state index contributed by atoms with van der Waals surface area (Å²) in [5, 5.41) is 12.6. The highest BCUT2D eigenvalue weighted by molar-refractivity contribution is 6.15. The number of aromatic amines is 1. The number of amides is 1. The highest BCUT2D eigenvalue weighted by Crippen LogP contribution is 2.30. The Morgan fingerprint density at radius 1 is 1.09 bits per heavy atom. The molecule has 1 amide bonds. The summed E-state index contributed by atoms with van der Waals surface area (Å²) in [6.45, 7) is 3.65. The molecule has 35 heavy (non-hydrogen) atoms. The van der Waals surface area contributed by atoms with Gasteiger partial charge in [0.05, 0.1) is 41.5 Å². The molecule has 5 aromatic heterocycles. The third-order valence-corrected chi connectivity index (χ3v) is 5.66. The summed E-state index contributed by atoms with van der Waals surface area (Å²) in [7, 11) is 0. The minimum atomic E-state index is -0.149. The van der Waals surface area contributed by atoms with Crippen molar-refractivity contribution >= 4 is 34.0 Å². The molecule has 174 valence electrons. The zero-order valence-corrected chi connectivity index (χ0v) is 19.2. The molecule has 5 heterocycles. The van der Waals surface area contributed by atoms with Crippen LogP contribution in [0.4, 0.5) is 11.5 Å². The number of hydrogen-bond acceptors (Lipinski definition) is 7. The fraction of sp³-hybridized carbons (Fsp3) is 0.115. The highest BCUT2D eigenvalue weighted by atomic mass is 16.3. The lowest BCUT2D eigenvalue weighted by atomic mass is 10.0. The molecule has 0 unspecified atom stereocenters. The van der Waals surface area contributed by atoms with Crippen molar-refractivity contribution in [3.63, 3.8) is 0 Å². The molecule has 0 fully saturated rings. The van der Waals surface area contributed by atoms with E-state index in [1.54, 1.807) is 43.4 Å². The van der Waals surface area contributed by atoms with Crippen molar-refractivity contribution in [2.45, 2.75) is 13.8 Å². The topological polar surface area (TPSA) is 147 Å². The second-order valence-corrected chi connectivity index (χ2v) is 8.45. The first kappa shape index (κ1) is 22.0. The molecule has 9 heteroatoms. The van der Waals surface area contributed by atoms with Crippen LogP contribution in [0.15, 0.2) is 72.1 Å². The second kappa shape index (κ2) is 8.86. The van der Waals surface area contributed by atoms with Crippen molar-refractivity contribution in [1.82, 2.24) is 19.9 Å². The van der Waals surface area contributed by atoms with Gasteiger partial charge in [-0.1, -0.05) is 13.8 Å². The van der Waals surface area contributed by atoms with E-state index in [1.165, 1.54) is 0 Å². The first-order valence-electron chi connectivity index (χ1n) is 11.0. The number of nitrogens with two attached hydrogens (primary N) is 1. The number of aromatic nitrogens is 4. The maximum Gasteiger partial charge on any atom is 0.226 e. The van der Waals surface area contributed by atoms with E-state index in [2.05, 4.69) is 25.3 Å². The second-order valence-electron chi connectivity index (χ2n) is 8.45. The van der Waals surface area contributed by atoms with E-state index in [9.17, 15) is 4.79 Å². The van der Waals surface area contributed by atoms with Gasteiger partial charge < -0.3 is 20.5 Å². The van der Waals surface area contributed by atoms with E-state index in [-0.39, 0.29) is 23.4 Å². The zero-order chi connectivity index (χ0) is 24.5. The Morgan fingerprint density at radius 2 is 1.91 bits per heavy atom. The van der Waals surface area contributed by atoms with E-state index in [1.807, 2.05) is 38.1 Å². The van der Waals surface area contributed by atoms with Gasteiger partial charge in [0.15, 0.2) is 0 Å². The number of pyridine rings is 3. The summed E-state index contributed by atoms with van der Waals surface area (Å²) in [6.07, 6.45) is 9.84. The van der Waals surface area contributed by atoms with Crippen molar-refractivity contribution in [1.29, 1.82) is 5.41 Å². The third kappa shape index (κ3) is 4.26. The van der Waals surface area contributed by atoms with Crippen molar-refractivity contribution in [2.75, 3.05) is 11.1 Å². The van der Waals surface area contributed by atoms with Gasteiger partial charge in [0.2, 0.25) is 5.91 Å². The Labute approximate surface area is 201 Å². The Morgan fingerprint density at radius 3 is 2.69 bits per heavy atom. The van der Waals surface area contributed by atoms with Crippen LogP contribution >= 0.6 is 0 Å². The molecule has 5 rings (SSSR count). The summed E-state index contributed by atoms with van der Waals surface area (Å²) in [5.74, 6) is -0.00259. The predicted octanol–water partition coefficient (Wildman–Crippen LogP) is 4.87. The number of nitrogens with one attached hydrogen (secondary N) is 3. The lowest BCUT2D eigenvalue weighted by molar-refractivity contribution is -0.118. The molecule has 0 saturated heterocycles. The van der Waals surface area contributed by atoms with Gasteiger partial charge in [0.1, 0.15) is 5.82 Å². The van der Waals surface area contributed by atoms with Gasteiger partial charge in [-0.3, -0.25) is 20.2 Å². The molecule has 0 bridgehead atoms. The number of nitrogens with zero attached hydrogens (tertiary/aromatic N) is 3. The van der Waals surface area contributed by atoms with Crippen LogP contribution in [0.25, 0.3) is 33.3 Å². The van der Waals surface area contributed by atoms with E-state index in [4.69, 9.17) is 15.6 Å². The number of hydrogen-bond donors (Lipinski definition) is 4. The number of carbonyl (C=O) groups excluding carboxylic acids is 1. The molecule has 0 aliphatic rings. The maximum absolute atomic E-state index is 12.1. The van der Waals surface area contributed by atoms with Crippen LogP contribution in [-0.4, -0.2) is 31.6 Å². The van der Waals surface area contributed by atoms with Gasteiger partial charge in [0.25, 0.3) is 0 Å². The average Bonchev–Trinajstić information content (AvgIpc) is 3.54. The molecule has 0 saturated carbocycles. The molecule has 9 nitrogen and oxygen atoms in total. The number of H-pyrrole nitrogens is 1. The fourth-order valence-electron chi connectivity index (χ4n) is 3.75. The van der Waals surface area contributed by atoms with Gasteiger partial charge in [-0.05, 0) is 30.3 Å². The van der Waals surface area contributed by atoms with Crippen LogP contribution < -0.4 is 11.1 Å². The largest absolute Gasteiger partial charge is 0.472 e. The average molecular weight is 466 g/mol. The first-order valence-corrected chi connectivity index (χ1v) is 11.0. The molecule has 5 N–H and O–H groups in total. The van der Waals surface area contributed by atoms with Crippen molar-refractivity contribution < 1.29 is 9.21 Å². The smallest absolute Gasteiger partial charge is 0.226 e. The summed E-state index contributed by atoms with van der Waals surface area (Å²) >= 11 is 0. The minimum absolute atomic E-state index is 0.0926. The Hall–Kier alpha value is -4.79. The molecule has 0 spiro atoms. The minimum Gasteiger partial charge on any atom is -0.472 e. The van der Waals surface area contributed by atoms with Crippen molar-refractivity contribution in [2.24, 2.45) is 5.92 Å². The van der Waals surface area contributed by atoms with Crippen LogP contribution in [0.3, 0.4) is 0 Å². The Bertz CT molecular complexity index is 1550. The zero-order valence-electron chi connectivity index (χ0n) is 19.2. The standard InChI is InChI=1S/C26H23N7O2/c1-14(2)26(34)32-18-7-16(10-29-12-18)17-8-20(25(28)31-11-17)23(27)22-9-19-21(33-22)3-5-30-24(19)15-4-6-35-13-15/h3-14,27,33H,1-2H3,(H2,28,31)(H,32,34). The number of anilines is 2. The van der Waals surface area contributed by atoms with E-state index >= 15 is 0 Å². The molecule has 0 aromatic carbocycles. The van der Waals surface area contributed by atoms with Crippen LogP contribution in [-0.2, 0) is 4.79 Å². The molecule has 0 radical (unpaired) electrons. The highest BCUT2D eigenvalue weighted by Gasteiger charge is 2.17. The number of furan rings is 1. The summed E-state index contributed by atoms with van der Waals surface area (Å²) < 4.78 is 5.21. The lowest BCUT2D eigenvalue weighted by Crippen LogP contribution is -2.17. The summed E-state index contributed by atoms with van der Waals surface area (Å²) in [5.41, 5.74) is 11.9. The first-order chi connectivity index (χ1) is 16.9. The molecule has 0 aliphatic heterocycles. The van der Waals surface area contributed by atoms with Gasteiger partial charge in [0, 0.05) is 57.7 Å². The van der Waals surface area contributed by atoms with Crippen molar-refractivity contribution in [3.05, 3.63) is 78.9 Å². The molecule has 0 atom stereocenters. The van der Waals surface area contributed by atoms with Crippen LogP contribution in [0.1, 0.15) is 25.1 Å². The quantitative estimate of drug-likeness (QED) is 0.263. The monoisotopic (exact) mass is 465 g/mol. The predicted molar refractivity (Wildman–Crippen MR) is 135 cm³/mol. The van der Waals surface area contributed by atoms with E-state index in [0.717, 1.165) is 33.3 Å². The number of nitrogen functional groups attached to an aromatic ring is 1. The van der Waals surface area contributed by atoms with E-state index < -0.39 is 0 Å². The molecular weight excluding hydrogens is 442 g/mol. The molecular formula is C26H23N7O2. The van der Waals surface area contributed by atoms with Gasteiger partial charge in [-0.15, -0.1) is 0 Å². The van der Waals surface area contributed by atoms with Crippen LogP contribution in [0.2, 0.25) is 0 Å². The van der Waals surface area contributed by atoms with Gasteiger partial charge in [-0.2, -0.15) is 0 Å². The van der Waals surface area contributed by atoms with Crippen LogP contribution in [0.5, 0.6) is 0 Å². The molecule has 5 aromatic rings. The number of fused-ring (bicyclic) bond motifs is 1. The Kier molecular flexibility index (Phi) is 5.58. The van der Waals surface area contributed by atoms with Crippen LogP contribution in [0, 0.1) is 11.3 Å². The number of carbonyl (C=O) groups is 1. The van der Waals surface area contributed by atoms with Gasteiger partial charge >= 0.3 is 0 Å². The van der Waals surface area contributed by atoms with Crippen molar-refractivity contribution in [3.8, 4) is 22.4 Å². The Balaban J connectivity index is 1.50. The van der Waals surface area contributed by atoms with E-state index in [0.29, 0.717) is 16.9 Å². The maximum atomic E-state index is 12.1.